The second-order valence-corrected chi connectivity index (χ2v) is 11.7. The van der Waals surface area contributed by atoms with Crippen molar-refractivity contribution >= 4 is 43.2 Å². The maximum atomic E-state index is 13.3. The zero-order chi connectivity index (χ0) is 25.3. The van der Waals surface area contributed by atoms with Crippen LogP contribution in [0.2, 0.25) is 10.0 Å². The van der Waals surface area contributed by atoms with Crippen LogP contribution in [0.3, 0.4) is 0 Å². The fraction of sp³-hybridized carbons (Fsp3) is 0.400. The fourth-order valence-corrected chi connectivity index (χ4v) is 7.11. The summed E-state index contributed by atoms with van der Waals surface area (Å²) in [5, 5.41) is 0.392. The molecule has 34 heavy (non-hydrogen) atoms. The lowest BCUT2D eigenvalue weighted by Gasteiger charge is -2.33. The third-order valence-corrected chi connectivity index (χ3v) is 9.74. The van der Waals surface area contributed by atoms with Crippen LogP contribution in [0, 0.1) is 0 Å². The Balaban J connectivity index is 1.88. The molecule has 1 aliphatic rings. The lowest BCUT2D eigenvalue weighted by molar-refractivity contribution is 0.271. The Morgan fingerprint density at radius 3 is 1.15 bits per heavy atom. The Hall–Kier alpha value is -1.96. The van der Waals surface area contributed by atoms with Gasteiger partial charge in [-0.1, -0.05) is 23.2 Å². The van der Waals surface area contributed by atoms with E-state index in [1.807, 2.05) is 0 Å². The van der Waals surface area contributed by atoms with Crippen molar-refractivity contribution in [2.75, 3.05) is 54.6 Å². The zero-order valence-corrected chi connectivity index (χ0v) is 22.0. The molecule has 2 aromatic rings. The van der Waals surface area contributed by atoms with Crippen molar-refractivity contribution in [1.29, 1.82) is 0 Å². The van der Waals surface area contributed by atoms with E-state index >= 15 is 0 Å². The summed E-state index contributed by atoms with van der Waals surface area (Å²) in [5.41, 5.74) is 0. The minimum absolute atomic E-state index is 0.0545. The molecular formula is C20H24Cl2N2O8S2. The third-order valence-electron chi connectivity index (χ3n) is 5.31. The molecule has 0 spiro atoms. The van der Waals surface area contributed by atoms with Gasteiger partial charge in [0.25, 0.3) is 0 Å². The van der Waals surface area contributed by atoms with E-state index in [0.717, 1.165) is 0 Å². The standard InChI is InChI=1S/C20H24Cl2N2O8S2/c1-29-15-11-19(17(31-3)9-13(15)21)33(25,26)23-5-7-24(8-6-23)34(27,28)20-12-16(30-2)14(22)10-18(20)32-4/h9-12H,5-8H2,1-4H3. The van der Waals surface area contributed by atoms with Crippen LogP contribution in [0.15, 0.2) is 34.1 Å². The van der Waals surface area contributed by atoms with Crippen molar-refractivity contribution in [1.82, 2.24) is 8.61 Å². The highest BCUT2D eigenvalue weighted by Gasteiger charge is 2.37. The van der Waals surface area contributed by atoms with E-state index in [1.54, 1.807) is 0 Å². The molecule has 0 N–H and O–H groups in total. The summed E-state index contributed by atoms with van der Waals surface area (Å²) in [5.74, 6) is 0.453. The topological polar surface area (TPSA) is 112 Å². The van der Waals surface area contributed by atoms with Gasteiger partial charge in [-0.15, -0.1) is 0 Å². The van der Waals surface area contributed by atoms with E-state index in [9.17, 15) is 16.8 Å². The summed E-state index contributed by atoms with van der Waals surface area (Å²) in [6.07, 6.45) is 0. The third kappa shape index (κ3) is 4.88. The smallest absolute Gasteiger partial charge is 0.246 e. The van der Waals surface area contributed by atoms with Crippen molar-refractivity contribution in [2.45, 2.75) is 9.79 Å². The van der Waals surface area contributed by atoms with Crippen LogP contribution < -0.4 is 18.9 Å². The fourth-order valence-electron chi connectivity index (χ4n) is 3.50. The van der Waals surface area contributed by atoms with Gasteiger partial charge >= 0.3 is 0 Å². The molecule has 0 unspecified atom stereocenters. The molecule has 1 aliphatic heterocycles. The van der Waals surface area contributed by atoms with Crippen molar-refractivity contribution in [3.05, 3.63) is 34.3 Å². The summed E-state index contributed by atoms with van der Waals surface area (Å²) in [7, 11) is -2.67. The first-order valence-electron chi connectivity index (χ1n) is 9.84. The highest BCUT2D eigenvalue weighted by molar-refractivity contribution is 7.89. The Bertz CT molecular complexity index is 1180. The number of hydrogen-bond donors (Lipinski definition) is 0. The van der Waals surface area contributed by atoms with Crippen molar-refractivity contribution in [3.63, 3.8) is 0 Å². The summed E-state index contributed by atoms with van der Waals surface area (Å²) in [6, 6.07) is 5.28. The average molecular weight is 555 g/mol. The van der Waals surface area contributed by atoms with Gasteiger partial charge in [-0.05, 0) is 0 Å². The quantitative estimate of drug-likeness (QED) is 0.489. The maximum Gasteiger partial charge on any atom is 0.246 e. The molecule has 0 saturated carbocycles. The number of nitrogens with zero attached hydrogens (tertiary/aromatic N) is 2. The molecule has 0 amide bonds. The molecule has 2 aromatic carbocycles. The monoisotopic (exact) mass is 554 g/mol. The van der Waals surface area contributed by atoms with E-state index in [2.05, 4.69) is 0 Å². The number of piperazine rings is 1. The lowest BCUT2D eigenvalue weighted by atomic mass is 10.3. The van der Waals surface area contributed by atoms with Crippen molar-refractivity contribution in [2.24, 2.45) is 0 Å². The molecule has 0 radical (unpaired) electrons. The molecule has 0 bridgehead atoms. The predicted molar refractivity (Wildman–Crippen MR) is 127 cm³/mol. The van der Waals surface area contributed by atoms with Gasteiger partial charge < -0.3 is 18.9 Å². The SMILES string of the molecule is COc1cc(S(=O)(=O)N2CCN(S(=O)(=O)c3cc(OC)c(Cl)cc3OC)CC2)c(OC)cc1Cl. The molecule has 14 heteroatoms. The van der Waals surface area contributed by atoms with Gasteiger partial charge in [-0.3, -0.25) is 0 Å². The summed E-state index contributed by atoms with van der Waals surface area (Å²) < 4.78 is 76.3. The van der Waals surface area contributed by atoms with E-state index in [0.29, 0.717) is 0 Å². The lowest BCUT2D eigenvalue weighted by Crippen LogP contribution is -2.50. The van der Waals surface area contributed by atoms with Gasteiger partial charge in [0.15, 0.2) is 0 Å². The number of hydrogen-bond acceptors (Lipinski definition) is 8. The molecule has 0 aliphatic carbocycles. The van der Waals surface area contributed by atoms with Crippen LogP contribution in [-0.2, 0) is 20.0 Å². The highest BCUT2D eigenvalue weighted by Crippen LogP contribution is 2.38. The second-order valence-electron chi connectivity index (χ2n) is 7.08. The van der Waals surface area contributed by atoms with E-state index < -0.39 is 20.0 Å². The number of rotatable bonds is 8. The molecule has 0 aromatic heterocycles. The van der Waals surface area contributed by atoms with Crippen molar-refractivity contribution < 1.29 is 35.8 Å². The second kappa shape index (κ2) is 10.3. The Morgan fingerprint density at radius 2 is 0.882 bits per heavy atom. The Morgan fingerprint density at radius 1 is 0.588 bits per heavy atom. The molecule has 1 saturated heterocycles. The first kappa shape index (κ1) is 26.6. The van der Waals surface area contributed by atoms with Gasteiger partial charge in [-0.25, -0.2) is 16.8 Å². The number of halogens is 2. The van der Waals surface area contributed by atoms with E-state index in [4.69, 9.17) is 42.1 Å². The number of ether oxygens (including phenoxy) is 4. The zero-order valence-electron chi connectivity index (χ0n) is 18.9. The molecular weight excluding hydrogens is 531 g/mol. The van der Waals surface area contributed by atoms with Crippen LogP contribution in [0.25, 0.3) is 0 Å². The van der Waals surface area contributed by atoms with Crippen molar-refractivity contribution in [3.8, 4) is 23.0 Å². The van der Waals surface area contributed by atoms with Crippen LogP contribution in [0.4, 0.5) is 0 Å². The summed E-state index contributed by atoms with van der Waals surface area (Å²) >= 11 is 12.2. The van der Waals surface area contributed by atoms with Crippen LogP contribution in [0.1, 0.15) is 0 Å². The minimum Gasteiger partial charge on any atom is -0.495 e. The van der Waals surface area contributed by atoms with Gasteiger partial charge in [0.2, 0.25) is 20.0 Å². The Kier molecular flexibility index (Phi) is 8.10. The minimum atomic E-state index is -4.03. The molecule has 1 fully saturated rings. The van der Waals surface area contributed by atoms with Gasteiger partial charge in [-0.2, -0.15) is 8.61 Å². The van der Waals surface area contributed by atoms with E-state index in [1.165, 1.54) is 61.3 Å². The number of benzene rings is 2. The van der Waals surface area contributed by atoms with Crippen LogP contribution >= 0.6 is 23.2 Å². The molecule has 3 rings (SSSR count). The van der Waals surface area contributed by atoms with Crippen LogP contribution in [0.5, 0.6) is 23.0 Å². The van der Waals surface area contributed by atoms with E-state index in [-0.39, 0.29) is 69.0 Å². The van der Waals surface area contributed by atoms with Gasteiger partial charge in [0.1, 0.15) is 32.8 Å². The largest absolute Gasteiger partial charge is 0.495 e. The first-order chi connectivity index (χ1) is 16.0. The maximum absolute atomic E-state index is 13.3. The van der Waals surface area contributed by atoms with Gasteiger partial charge in [0, 0.05) is 50.4 Å². The molecule has 188 valence electrons. The normalized spacial score (nSPS) is 15.7. The average Bonchev–Trinajstić information content (AvgIpc) is 2.83. The highest BCUT2D eigenvalue weighted by atomic mass is 35.5. The summed E-state index contributed by atoms with van der Waals surface area (Å²) in [4.78, 5) is -0.256. The summed E-state index contributed by atoms with van der Waals surface area (Å²) in [6.45, 7) is -0.323. The number of methoxy groups -OCH3 is 4. The number of sulfonamides is 2. The van der Waals surface area contributed by atoms with Gasteiger partial charge in [0.05, 0.1) is 38.5 Å². The Labute approximate surface area is 209 Å². The first-order valence-corrected chi connectivity index (χ1v) is 13.5. The molecule has 0 atom stereocenters. The predicted octanol–water partition coefficient (Wildman–Crippen LogP) is 2.72. The molecule has 1 heterocycles. The molecule has 10 nitrogen and oxygen atoms in total. The van der Waals surface area contributed by atoms with Crippen LogP contribution in [-0.4, -0.2) is 80.1 Å².